The van der Waals surface area contributed by atoms with Crippen LogP contribution in [0, 0.1) is 4.91 Å². The van der Waals surface area contributed by atoms with Gasteiger partial charge in [0.25, 0.3) is 0 Å². The van der Waals surface area contributed by atoms with Gasteiger partial charge in [-0.25, -0.2) is 0 Å². The summed E-state index contributed by atoms with van der Waals surface area (Å²) in [4.78, 5) is 21.4. The molecule has 0 aliphatic carbocycles. The first-order chi connectivity index (χ1) is 6.66. The first kappa shape index (κ1) is 10.9. The minimum atomic E-state index is -0.717. The molecule has 0 bridgehead atoms. The number of nitrogens with zero attached hydrogens (tertiary/aromatic N) is 3. The zero-order chi connectivity index (χ0) is 10.6. The molecule has 0 aromatic rings. The normalized spacial score (nSPS) is 20.1. The number of nitrogens with two attached hydrogens (primary N) is 1. The Kier molecular flexibility index (Phi) is 3.78. The summed E-state index contributed by atoms with van der Waals surface area (Å²) < 4.78 is 5.11. The molecule has 0 spiro atoms. The molecule has 1 fully saturated rings. The van der Waals surface area contributed by atoms with Crippen molar-refractivity contribution < 1.29 is 9.53 Å². The lowest BCUT2D eigenvalue weighted by Gasteiger charge is -2.34. The Hall–Kier alpha value is -1.21. The smallest absolute Gasteiger partial charge is 0.243 e. The summed E-state index contributed by atoms with van der Waals surface area (Å²) in [5.74, 6) is -0.573. The van der Waals surface area contributed by atoms with Crippen LogP contribution in [0.5, 0.6) is 0 Å². The zero-order valence-corrected chi connectivity index (χ0v) is 8.05. The van der Waals surface area contributed by atoms with E-state index < -0.39 is 11.9 Å². The SMILES string of the molecule is CC(C(N)=O)N(N=O)N1CCOCC1. The van der Waals surface area contributed by atoms with E-state index in [1.807, 2.05) is 0 Å². The molecule has 1 rings (SSSR count). The molecule has 1 aliphatic heterocycles. The molecular weight excluding hydrogens is 188 g/mol. The number of amides is 1. The van der Waals surface area contributed by atoms with Crippen LogP contribution in [0.1, 0.15) is 6.92 Å². The summed E-state index contributed by atoms with van der Waals surface area (Å²) in [5.41, 5.74) is 5.08. The van der Waals surface area contributed by atoms with Crippen LogP contribution in [0.15, 0.2) is 5.29 Å². The van der Waals surface area contributed by atoms with Crippen molar-refractivity contribution in [3.05, 3.63) is 4.91 Å². The van der Waals surface area contributed by atoms with Gasteiger partial charge in [0.1, 0.15) is 6.04 Å². The molecule has 14 heavy (non-hydrogen) atoms. The molecule has 1 heterocycles. The Morgan fingerprint density at radius 1 is 1.57 bits per heavy atom. The van der Waals surface area contributed by atoms with Gasteiger partial charge in [0.05, 0.1) is 18.5 Å². The third kappa shape index (κ3) is 2.39. The van der Waals surface area contributed by atoms with Crippen LogP contribution in [0.25, 0.3) is 0 Å². The number of nitroso groups, excluding NO2 is 1. The van der Waals surface area contributed by atoms with Crippen LogP contribution in [0.4, 0.5) is 0 Å². The zero-order valence-electron chi connectivity index (χ0n) is 8.05. The van der Waals surface area contributed by atoms with E-state index in [0.717, 1.165) is 5.12 Å². The molecule has 1 atom stereocenters. The molecule has 1 unspecified atom stereocenters. The van der Waals surface area contributed by atoms with E-state index in [1.54, 1.807) is 11.9 Å². The van der Waals surface area contributed by atoms with Gasteiger partial charge >= 0.3 is 0 Å². The minimum Gasteiger partial charge on any atom is -0.379 e. The fraction of sp³-hybridized carbons (Fsp3) is 0.857. The highest BCUT2D eigenvalue weighted by Gasteiger charge is 2.26. The number of hydrogen-bond acceptors (Lipinski definition) is 5. The van der Waals surface area contributed by atoms with Gasteiger partial charge in [-0.2, -0.15) is 10.1 Å². The van der Waals surface area contributed by atoms with Gasteiger partial charge in [0.15, 0.2) is 0 Å². The highest BCUT2D eigenvalue weighted by Crippen LogP contribution is 2.07. The molecule has 7 nitrogen and oxygen atoms in total. The number of hydrogen-bond donors (Lipinski definition) is 1. The van der Waals surface area contributed by atoms with Crippen molar-refractivity contribution in [2.24, 2.45) is 11.0 Å². The second kappa shape index (κ2) is 4.87. The van der Waals surface area contributed by atoms with Gasteiger partial charge in [-0.1, -0.05) is 0 Å². The molecule has 2 N–H and O–H groups in total. The van der Waals surface area contributed by atoms with Gasteiger partial charge in [-0.05, 0) is 6.92 Å². The quantitative estimate of drug-likeness (QED) is 0.471. The topological polar surface area (TPSA) is 88.2 Å². The molecule has 1 amide bonds. The first-order valence-corrected chi connectivity index (χ1v) is 4.41. The maximum atomic E-state index is 10.9. The van der Waals surface area contributed by atoms with Crippen molar-refractivity contribution >= 4 is 5.91 Å². The lowest BCUT2D eigenvalue weighted by Crippen LogP contribution is -2.53. The summed E-state index contributed by atoms with van der Waals surface area (Å²) in [5, 5.41) is 5.52. The van der Waals surface area contributed by atoms with Gasteiger partial charge in [-0.3, -0.25) is 4.79 Å². The molecule has 1 aliphatic rings. The fourth-order valence-electron chi connectivity index (χ4n) is 1.24. The predicted molar refractivity (Wildman–Crippen MR) is 48.7 cm³/mol. The van der Waals surface area contributed by atoms with Crippen molar-refractivity contribution in [3.8, 4) is 0 Å². The molecule has 0 aromatic heterocycles. The standard InChI is InChI=1S/C7H14N4O3/c1-6(7(8)12)11(9-13)10-2-4-14-5-3-10/h6H,2-5H2,1H3,(H2,8,12). The average Bonchev–Trinajstić information content (AvgIpc) is 2.20. The average molecular weight is 202 g/mol. The number of carbonyl (C=O) groups excluding carboxylic acids is 1. The van der Waals surface area contributed by atoms with Crippen molar-refractivity contribution in [3.63, 3.8) is 0 Å². The van der Waals surface area contributed by atoms with Gasteiger partial charge < -0.3 is 10.5 Å². The van der Waals surface area contributed by atoms with Crippen molar-refractivity contribution in [1.82, 2.24) is 10.1 Å². The minimum absolute atomic E-state index is 0.525. The van der Waals surface area contributed by atoms with E-state index in [2.05, 4.69) is 5.29 Å². The van der Waals surface area contributed by atoms with Crippen LogP contribution in [-0.2, 0) is 9.53 Å². The summed E-state index contributed by atoms with van der Waals surface area (Å²) in [6, 6.07) is -0.717. The highest BCUT2D eigenvalue weighted by molar-refractivity contribution is 5.79. The summed E-state index contributed by atoms with van der Waals surface area (Å²) in [7, 11) is 0. The maximum absolute atomic E-state index is 10.9. The van der Waals surface area contributed by atoms with E-state index in [4.69, 9.17) is 10.5 Å². The van der Waals surface area contributed by atoms with E-state index in [-0.39, 0.29) is 0 Å². The number of morpholine rings is 1. The Bertz CT molecular complexity index is 217. The van der Waals surface area contributed by atoms with Gasteiger partial charge in [0, 0.05) is 13.1 Å². The largest absolute Gasteiger partial charge is 0.379 e. The van der Waals surface area contributed by atoms with E-state index in [1.165, 1.54) is 0 Å². The van der Waals surface area contributed by atoms with Crippen LogP contribution >= 0.6 is 0 Å². The van der Waals surface area contributed by atoms with Crippen molar-refractivity contribution in [2.45, 2.75) is 13.0 Å². The van der Waals surface area contributed by atoms with Crippen molar-refractivity contribution in [1.29, 1.82) is 0 Å². The third-order valence-corrected chi connectivity index (χ3v) is 2.12. The lowest BCUT2D eigenvalue weighted by molar-refractivity contribution is -0.141. The number of rotatable bonds is 4. The Morgan fingerprint density at radius 2 is 2.14 bits per heavy atom. The van der Waals surface area contributed by atoms with Gasteiger partial charge in [0.2, 0.25) is 5.91 Å². The van der Waals surface area contributed by atoms with Crippen molar-refractivity contribution in [2.75, 3.05) is 26.3 Å². The number of carbonyl (C=O) groups is 1. The highest BCUT2D eigenvalue weighted by atomic mass is 16.5. The summed E-state index contributed by atoms with van der Waals surface area (Å²) in [6.07, 6.45) is 0. The van der Waals surface area contributed by atoms with Crippen LogP contribution in [0.3, 0.4) is 0 Å². The number of ether oxygens (including phenoxy) is 1. The molecular formula is C7H14N4O3. The predicted octanol–water partition coefficient (Wildman–Crippen LogP) is -0.909. The summed E-state index contributed by atoms with van der Waals surface area (Å²) in [6.45, 7) is 3.68. The Balaban J connectivity index is 2.59. The second-order valence-electron chi connectivity index (χ2n) is 3.05. The van der Waals surface area contributed by atoms with Gasteiger partial charge in [-0.15, -0.1) is 4.91 Å². The third-order valence-electron chi connectivity index (χ3n) is 2.12. The maximum Gasteiger partial charge on any atom is 0.243 e. The molecule has 0 saturated carbocycles. The fourth-order valence-corrected chi connectivity index (χ4v) is 1.24. The van der Waals surface area contributed by atoms with E-state index in [9.17, 15) is 9.70 Å². The lowest BCUT2D eigenvalue weighted by atomic mass is 10.3. The molecule has 7 heteroatoms. The van der Waals surface area contributed by atoms with E-state index in [0.29, 0.717) is 26.3 Å². The van der Waals surface area contributed by atoms with Crippen LogP contribution < -0.4 is 5.73 Å². The molecule has 1 saturated heterocycles. The Labute approximate surface area is 81.7 Å². The summed E-state index contributed by atoms with van der Waals surface area (Å²) >= 11 is 0. The number of primary amides is 1. The first-order valence-electron chi connectivity index (χ1n) is 4.41. The van der Waals surface area contributed by atoms with Crippen LogP contribution in [-0.4, -0.2) is 48.4 Å². The molecule has 0 aromatic carbocycles. The second-order valence-corrected chi connectivity index (χ2v) is 3.05. The molecule has 0 radical (unpaired) electrons. The number of hydrazine groups is 1. The Morgan fingerprint density at radius 3 is 2.57 bits per heavy atom. The monoisotopic (exact) mass is 202 g/mol. The molecule has 80 valence electrons. The van der Waals surface area contributed by atoms with Crippen LogP contribution in [0.2, 0.25) is 0 Å². The van der Waals surface area contributed by atoms with E-state index >= 15 is 0 Å².